The third kappa shape index (κ3) is 2.68. The minimum atomic E-state index is 0.648. The van der Waals surface area contributed by atoms with Gasteiger partial charge in [-0.05, 0) is 30.9 Å². The molecule has 0 radical (unpaired) electrons. The molecule has 0 aromatic carbocycles. The van der Waals surface area contributed by atoms with Gasteiger partial charge in [-0.25, -0.2) is 0 Å². The van der Waals surface area contributed by atoms with Crippen LogP contribution in [0, 0.1) is 24.2 Å². The van der Waals surface area contributed by atoms with Gasteiger partial charge in [-0.15, -0.1) is 0 Å². The SMILES string of the molecule is Cc1c(CNCC2CCOC2)cc(C#N)n1C. The summed E-state index contributed by atoms with van der Waals surface area (Å²) >= 11 is 0. The van der Waals surface area contributed by atoms with Gasteiger partial charge in [-0.2, -0.15) is 5.26 Å². The molecule has 0 saturated carbocycles. The smallest absolute Gasteiger partial charge is 0.120 e. The topological polar surface area (TPSA) is 50.0 Å². The molecule has 1 aromatic heterocycles. The summed E-state index contributed by atoms with van der Waals surface area (Å²) in [7, 11) is 1.93. The van der Waals surface area contributed by atoms with Gasteiger partial charge in [-0.1, -0.05) is 0 Å². The van der Waals surface area contributed by atoms with Crippen LogP contribution in [0.25, 0.3) is 0 Å². The number of nitrogens with zero attached hydrogens (tertiary/aromatic N) is 2. The van der Waals surface area contributed by atoms with Crippen LogP contribution in [0.1, 0.15) is 23.4 Å². The molecule has 17 heavy (non-hydrogen) atoms. The second-order valence-corrected chi connectivity index (χ2v) is 4.67. The molecule has 1 saturated heterocycles. The fraction of sp³-hybridized carbons (Fsp3) is 0.615. The summed E-state index contributed by atoms with van der Waals surface area (Å²) in [6.07, 6.45) is 1.16. The van der Waals surface area contributed by atoms with E-state index in [1.54, 1.807) is 0 Å². The molecule has 2 heterocycles. The number of nitrogens with one attached hydrogen (secondary N) is 1. The van der Waals surface area contributed by atoms with Crippen LogP contribution in [0.4, 0.5) is 0 Å². The molecule has 4 heteroatoms. The van der Waals surface area contributed by atoms with E-state index in [4.69, 9.17) is 10.00 Å². The number of aromatic nitrogens is 1. The molecule has 0 bridgehead atoms. The fourth-order valence-electron chi connectivity index (χ4n) is 2.20. The van der Waals surface area contributed by atoms with Crippen molar-refractivity contribution in [3.05, 3.63) is 23.0 Å². The molecule has 92 valence electrons. The zero-order chi connectivity index (χ0) is 12.3. The van der Waals surface area contributed by atoms with E-state index in [0.29, 0.717) is 5.92 Å². The molecular formula is C13H19N3O. The Labute approximate surface area is 102 Å². The Kier molecular flexibility index (Phi) is 3.82. The molecule has 0 amide bonds. The molecule has 0 spiro atoms. The van der Waals surface area contributed by atoms with Crippen LogP contribution in [0.3, 0.4) is 0 Å². The van der Waals surface area contributed by atoms with Gasteiger partial charge in [0.1, 0.15) is 11.8 Å². The maximum atomic E-state index is 8.95. The molecule has 1 atom stereocenters. The highest BCUT2D eigenvalue weighted by atomic mass is 16.5. The normalized spacial score (nSPS) is 19.5. The highest BCUT2D eigenvalue weighted by Gasteiger charge is 2.15. The van der Waals surface area contributed by atoms with Crippen LogP contribution >= 0.6 is 0 Å². The summed E-state index contributed by atoms with van der Waals surface area (Å²) in [5, 5.41) is 12.4. The predicted molar refractivity (Wildman–Crippen MR) is 65.5 cm³/mol. The first-order valence-corrected chi connectivity index (χ1v) is 6.06. The molecule has 1 aromatic rings. The van der Waals surface area contributed by atoms with E-state index < -0.39 is 0 Å². The highest BCUT2D eigenvalue weighted by molar-refractivity contribution is 5.33. The van der Waals surface area contributed by atoms with E-state index >= 15 is 0 Å². The van der Waals surface area contributed by atoms with Crippen molar-refractivity contribution in [2.24, 2.45) is 13.0 Å². The van der Waals surface area contributed by atoms with E-state index in [9.17, 15) is 0 Å². The van der Waals surface area contributed by atoms with Crippen molar-refractivity contribution in [3.8, 4) is 6.07 Å². The molecule has 4 nitrogen and oxygen atoms in total. The highest BCUT2D eigenvalue weighted by Crippen LogP contribution is 2.14. The van der Waals surface area contributed by atoms with Crippen LogP contribution in [-0.4, -0.2) is 24.3 Å². The number of hydrogen-bond acceptors (Lipinski definition) is 3. The molecular weight excluding hydrogens is 214 g/mol. The summed E-state index contributed by atoms with van der Waals surface area (Å²) in [5.41, 5.74) is 3.10. The van der Waals surface area contributed by atoms with E-state index in [1.807, 2.05) is 17.7 Å². The number of rotatable bonds is 4. The first-order chi connectivity index (χ1) is 8.22. The van der Waals surface area contributed by atoms with Crippen LogP contribution in [0.15, 0.2) is 6.07 Å². The lowest BCUT2D eigenvalue weighted by Gasteiger charge is -2.09. The summed E-state index contributed by atoms with van der Waals surface area (Å²) < 4.78 is 7.28. The van der Waals surface area contributed by atoms with Crippen LogP contribution in [0.2, 0.25) is 0 Å². The van der Waals surface area contributed by atoms with Crippen LogP contribution in [0.5, 0.6) is 0 Å². The Morgan fingerprint density at radius 2 is 2.47 bits per heavy atom. The molecule has 1 fully saturated rings. The monoisotopic (exact) mass is 233 g/mol. The maximum Gasteiger partial charge on any atom is 0.120 e. The van der Waals surface area contributed by atoms with Crippen LogP contribution in [-0.2, 0) is 18.3 Å². The van der Waals surface area contributed by atoms with Crippen molar-refractivity contribution >= 4 is 0 Å². The van der Waals surface area contributed by atoms with Gasteiger partial charge in [0.2, 0.25) is 0 Å². The van der Waals surface area contributed by atoms with Gasteiger partial charge in [-0.3, -0.25) is 0 Å². The summed E-state index contributed by atoms with van der Waals surface area (Å²) in [6, 6.07) is 4.17. The number of nitriles is 1. The lowest BCUT2D eigenvalue weighted by molar-refractivity contribution is 0.185. The second-order valence-electron chi connectivity index (χ2n) is 4.67. The Morgan fingerprint density at radius 1 is 1.65 bits per heavy atom. The lowest BCUT2D eigenvalue weighted by Crippen LogP contribution is -2.22. The molecule has 2 rings (SSSR count). The summed E-state index contributed by atoms with van der Waals surface area (Å²) in [4.78, 5) is 0. The third-order valence-electron chi connectivity index (χ3n) is 3.53. The molecule has 0 aliphatic carbocycles. The minimum absolute atomic E-state index is 0.648. The first-order valence-electron chi connectivity index (χ1n) is 6.06. The molecule has 1 aliphatic heterocycles. The Hall–Kier alpha value is -1.31. The zero-order valence-corrected chi connectivity index (χ0v) is 10.5. The number of hydrogen-bond donors (Lipinski definition) is 1. The quantitative estimate of drug-likeness (QED) is 0.853. The van der Waals surface area contributed by atoms with Crippen molar-refractivity contribution in [2.75, 3.05) is 19.8 Å². The van der Waals surface area contributed by atoms with Gasteiger partial charge in [0.25, 0.3) is 0 Å². The van der Waals surface area contributed by atoms with Crippen molar-refractivity contribution in [1.29, 1.82) is 5.26 Å². The summed E-state index contributed by atoms with van der Waals surface area (Å²) in [5.74, 6) is 0.648. The Balaban J connectivity index is 1.88. The Bertz CT molecular complexity index is 425. The van der Waals surface area contributed by atoms with E-state index in [1.165, 1.54) is 5.56 Å². The van der Waals surface area contributed by atoms with Crippen molar-refractivity contribution < 1.29 is 4.74 Å². The van der Waals surface area contributed by atoms with Crippen molar-refractivity contribution in [1.82, 2.24) is 9.88 Å². The minimum Gasteiger partial charge on any atom is -0.381 e. The molecule has 1 aliphatic rings. The second kappa shape index (κ2) is 5.35. The van der Waals surface area contributed by atoms with Gasteiger partial charge in [0, 0.05) is 32.4 Å². The van der Waals surface area contributed by atoms with E-state index in [0.717, 1.165) is 44.1 Å². The zero-order valence-electron chi connectivity index (χ0n) is 10.5. The number of ether oxygens (including phenoxy) is 1. The van der Waals surface area contributed by atoms with Gasteiger partial charge in [0.15, 0.2) is 0 Å². The largest absolute Gasteiger partial charge is 0.381 e. The predicted octanol–water partition coefficient (Wildman–Crippen LogP) is 1.33. The Morgan fingerprint density at radius 3 is 3.06 bits per heavy atom. The fourth-order valence-corrected chi connectivity index (χ4v) is 2.20. The van der Waals surface area contributed by atoms with Crippen LogP contribution < -0.4 is 5.32 Å². The average molecular weight is 233 g/mol. The first kappa shape index (κ1) is 12.2. The van der Waals surface area contributed by atoms with Gasteiger partial charge in [0.05, 0.1) is 6.61 Å². The molecule has 1 N–H and O–H groups in total. The third-order valence-corrected chi connectivity index (χ3v) is 3.53. The standard InChI is InChI=1S/C13H19N3O/c1-10-12(5-13(6-14)16(10)2)8-15-7-11-3-4-17-9-11/h5,11,15H,3-4,7-9H2,1-2H3. The van der Waals surface area contributed by atoms with Crippen molar-refractivity contribution in [3.63, 3.8) is 0 Å². The van der Waals surface area contributed by atoms with E-state index in [2.05, 4.69) is 18.3 Å². The van der Waals surface area contributed by atoms with Gasteiger partial charge < -0.3 is 14.6 Å². The summed E-state index contributed by atoms with van der Waals surface area (Å²) in [6.45, 7) is 5.66. The maximum absolute atomic E-state index is 8.95. The average Bonchev–Trinajstić information content (AvgIpc) is 2.92. The van der Waals surface area contributed by atoms with Gasteiger partial charge >= 0.3 is 0 Å². The lowest BCUT2D eigenvalue weighted by atomic mass is 10.1. The van der Waals surface area contributed by atoms with E-state index in [-0.39, 0.29) is 0 Å². The van der Waals surface area contributed by atoms with Crippen molar-refractivity contribution in [2.45, 2.75) is 19.9 Å². The molecule has 1 unspecified atom stereocenters.